The number of carbonyl (C=O) groups is 1. The normalized spacial score (nSPS) is 12.1. The summed E-state index contributed by atoms with van der Waals surface area (Å²) in [5, 5.41) is 9.02. The standard InChI is InChI=1S/C15H17NO3/c1-3-14(10-9-12(2)17)15(18)16-19-11-13-7-5-4-6-8-13/h3-10,17H,1,11H2,2H3,(H,16,18)/b12-9+,14-10+. The lowest BCUT2D eigenvalue weighted by atomic mass is 10.2. The van der Waals surface area contributed by atoms with E-state index in [2.05, 4.69) is 12.1 Å². The van der Waals surface area contributed by atoms with Gasteiger partial charge in [0.05, 0.1) is 12.4 Å². The summed E-state index contributed by atoms with van der Waals surface area (Å²) >= 11 is 0. The van der Waals surface area contributed by atoms with Crippen molar-refractivity contribution in [2.75, 3.05) is 0 Å². The molecule has 0 spiro atoms. The molecule has 1 aromatic rings. The Hall–Kier alpha value is -2.33. The Bertz CT molecular complexity index is 485. The third-order valence-corrected chi connectivity index (χ3v) is 2.23. The largest absolute Gasteiger partial charge is 0.513 e. The summed E-state index contributed by atoms with van der Waals surface area (Å²) < 4.78 is 0. The van der Waals surface area contributed by atoms with Gasteiger partial charge in [-0.15, -0.1) is 0 Å². The van der Waals surface area contributed by atoms with Gasteiger partial charge in [0.25, 0.3) is 5.91 Å². The van der Waals surface area contributed by atoms with Crippen molar-refractivity contribution < 1.29 is 14.7 Å². The van der Waals surface area contributed by atoms with E-state index in [1.165, 1.54) is 25.2 Å². The minimum Gasteiger partial charge on any atom is -0.513 e. The fourth-order valence-electron chi connectivity index (χ4n) is 1.26. The van der Waals surface area contributed by atoms with E-state index in [1.54, 1.807) is 0 Å². The van der Waals surface area contributed by atoms with Crippen LogP contribution in [0.4, 0.5) is 0 Å². The summed E-state index contributed by atoms with van der Waals surface area (Å²) in [6.45, 7) is 5.33. The number of nitrogens with one attached hydrogen (secondary N) is 1. The predicted octanol–water partition coefficient (Wildman–Crippen LogP) is 2.81. The van der Waals surface area contributed by atoms with Gasteiger partial charge in [0.1, 0.15) is 0 Å². The summed E-state index contributed by atoms with van der Waals surface area (Å²) in [5.74, 6) is -0.305. The lowest BCUT2D eigenvalue weighted by Crippen LogP contribution is -2.24. The van der Waals surface area contributed by atoms with E-state index in [0.29, 0.717) is 5.57 Å². The Morgan fingerprint density at radius 3 is 2.63 bits per heavy atom. The first-order valence-electron chi connectivity index (χ1n) is 5.79. The van der Waals surface area contributed by atoms with Crippen LogP contribution in [-0.2, 0) is 16.2 Å². The van der Waals surface area contributed by atoms with Gasteiger partial charge >= 0.3 is 0 Å². The van der Waals surface area contributed by atoms with Crippen molar-refractivity contribution in [3.8, 4) is 0 Å². The van der Waals surface area contributed by atoms with Crippen LogP contribution in [0.5, 0.6) is 0 Å². The van der Waals surface area contributed by atoms with Crippen LogP contribution in [-0.4, -0.2) is 11.0 Å². The molecular formula is C15H17NO3. The molecule has 0 fully saturated rings. The molecule has 4 heteroatoms. The van der Waals surface area contributed by atoms with Gasteiger partial charge in [-0.05, 0) is 24.6 Å². The first-order valence-corrected chi connectivity index (χ1v) is 5.79. The Kier molecular flexibility index (Phi) is 6.12. The van der Waals surface area contributed by atoms with Crippen molar-refractivity contribution in [2.45, 2.75) is 13.5 Å². The van der Waals surface area contributed by atoms with Crippen LogP contribution in [0.1, 0.15) is 12.5 Å². The van der Waals surface area contributed by atoms with Gasteiger partial charge in [0, 0.05) is 5.57 Å². The third-order valence-electron chi connectivity index (χ3n) is 2.23. The van der Waals surface area contributed by atoms with Gasteiger partial charge in [-0.3, -0.25) is 9.63 Å². The average Bonchev–Trinajstić information content (AvgIpc) is 2.40. The van der Waals surface area contributed by atoms with Gasteiger partial charge in [-0.1, -0.05) is 43.0 Å². The molecule has 0 radical (unpaired) electrons. The highest BCUT2D eigenvalue weighted by Crippen LogP contribution is 2.01. The summed E-state index contributed by atoms with van der Waals surface area (Å²) in [4.78, 5) is 16.8. The van der Waals surface area contributed by atoms with E-state index >= 15 is 0 Å². The maximum Gasteiger partial charge on any atom is 0.274 e. The molecule has 100 valence electrons. The molecule has 0 heterocycles. The zero-order valence-electron chi connectivity index (χ0n) is 10.8. The van der Waals surface area contributed by atoms with Gasteiger partial charge in [-0.25, -0.2) is 5.48 Å². The minimum absolute atomic E-state index is 0.109. The number of aliphatic hydroxyl groups excluding tert-OH is 1. The number of hydroxylamine groups is 1. The second-order valence-electron chi connectivity index (χ2n) is 3.84. The molecule has 0 unspecified atom stereocenters. The molecule has 4 nitrogen and oxygen atoms in total. The highest BCUT2D eigenvalue weighted by Gasteiger charge is 2.04. The number of hydrogen-bond donors (Lipinski definition) is 2. The van der Waals surface area contributed by atoms with Crippen LogP contribution in [0, 0.1) is 0 Å². The number of allylic oxidation sites excluding steroid dienone is 3. The molecule has 1 rings (SSSR count). The minimum atomic E-state index is -0.413. The molecule has 0 aromatic heterocycles. The quantitative estimate of drug-likeness (QED) is 0.357. The summed E-state index contributed by atoms with van der Waals surface area (Å²) in [5.41, 5.74) is 3.58. The van der Waals surface area contributed by atoms with Crippen molar-refractivity contribution >= 4 is 5.91 Å². The van der Waals surface area contributed by atoms with Crippen molar-refractivity contribution in [3.05, 3.63) is 72.0 Å². The fraction of sp³-hybridized carbons (Fsp3) is 0.133. The zero-order chi connectivity index (χ0) is 14.1. The van der Waals surface area contributed by atoms with E-state index in [-0.39, 0.29) is 12.4 Å². The molecule has 0 aliphatic carbocycles. The molecule has 19 heavy (non-hydrogen) atoms. The lowest BCUT2D eigenvalue weighted by Gasteiger charge is -2.06. The third kappa shape index (κ3) is 5.70. The number of rotatable bonds is 6. The molecule has 0 atom stereocenters. The van der Waals surface area contributed by atoms with Gasteiger partial charge in [-0.2, -0.15) is 0 Å². The van der Waals surface area contributed by atoms with Crippen LogP contribution < -0.4 is 5.48 Å². The molecule has 0 aliphatic rings. The molecule has 0 bridgehead atoms. The number of aliphatic hydroxyl groups is 1. The second-order valence-corrected chi connectivity index (χ2v) is 3.84. The predicted molar refractivity (Wildman–Crippen MR) is 74.0 cm³/mol. The molecule has 0 saturated carbocycles. The Morgan fingerprint density at radius 2 is 2.05 bits per heavy atom. The van der Waals surface area contributed by atoms with Crippen LogP contribution in [0.2, 0.25) is 0 Å². The number of amides is 1. The Balaban J connectivity index is 2.48. The van der Waals surface area contributed by atoms with Crippen molar-refractivity contribution in [3.63, 3.8) is 0 Å². The van der Waals surface area contributed by atoms with Gasteiger partial charge < -0.3 is 5.11 Å². The van der Waals surface area contributed by atoms with Gasteiger partial charge in [0.15, 0.2) is 0 Å². The number of hydrogen-bond acceptors (Lipinski definition) is 3. The SMILES string of the molecule is C=C/C(=C\C=C(/C)O)C(=O)NOCc1ccccc1. The van der Waals surface area contributed by atoms with E-state index in [0.717, 1.165) is 5.56 Å². The zero-order valence-corrected chi connectivity index (χ0v) is 10.8. The van der Waals surface area contributed by atoms with E-state index in [1.807, 2.05) is 30.3 Å². The maximum atomic E-state index is 11.7. The second kappa shape index (κ2) is 7.89. The molecule has 2 N–H and O–H groups in total. The molecule has 1 aromatic carbocycles. The number of benzene rings is 1. The van der Waals surface area contributed by atoms with E-state index in [4.69, 9.17) is 9.94 Å². The molecule has 1 amide bonds. The lowest BCUT2D eigenvalue weighted by molar-refractivity contribution is -0.130. The molecule has 0 saturated heterocycles. The van der Waals surface area contributed by atoms with Crippen LogP contribution in [0.25, 0.3) is 0 Å². The van der Waals surface area contributed by atoms with Gasteiger partial charge in [0.2, 0.25) is 0 Å². The van der Waals surface area contributed by atoms with E-state index in [9.17, 15) is 4.79 Å². The van der Waals surface area contributed by atoms with Crippen LogP contribution >= 0.6 is 0 Å². The first kappa shape index (κ1) is 14.7. The van der Waals surface area contributed by atoms with Crippen LogP contribution in [0.15, 0.2) is 66.5 Å². The summed E-state index contributed by atoms with van der Waals surface area (Å²) in [6, 6.07) is 9.49. The highest BCUT2D eigenvalue weighted by atomic mass is 16.6. The monoisotopic (exact) mass is 259 g/mol. The van der Waals surface area contributed by atoms with Crippen molar-refractivity contribution in [1.82, 2.24) is 5.48 Å². The van der Waals surface area contributed by atoms with Crippen molar-refractivity contribution in [2.24, 2.45) is 0 Å². The van der Waals surface area contributed by atoms with Crippen LogP contribution in [0.3, 0.4) is 0 Å². The maximum absolute atomic E-state index is 11.7. The summed E-state index contributed by atoms with van der Waals surface area (Å²) in [7, 11) is 0. The average molecular weight is 259 g/mol. The molecule has 0 aliphatic heterocycles. The Labute approximate surface area is 112 Å². The molecular weight excluding hydrogens is 242 g/mol. The summed E-state index contributed by atoms with van der Waals surface area (Å²) in [6.07, 6.45) is 4.26. The van der Waals surface area contributed by atoms with Crippen molar-refractivity contribution in [1.29, 1.82) is 0 Å². The topological polar surface area (TPSA) is 58.6 Å². The van der Waals surface area contributed by atoms with E-state index < -0.39 is 5.91 Å². The smallest absolute Gasteiger partial charge is 0.274 e. The highest BCUT2D eigenvalue weighted by molar-refractivity contribution is 5.95. The Morgan fingerprint density at radius 1 is 1.37 bits per heavy atom. The number of carbonyl (C=O) groups excluding carboxylic acids is 1. The first-order chi connectivity index (χ1) is 9.13. The fourth-order valence-corrected chi connectivity index (χ4v) is 1.26.